The van der Waals surface area contributed by atoms with Gasteiger partial charge in [-0.05, 0) is 50.1 Å². The molecule has 1 unspecified atom stereocenters. The average Bonchev–Trinajstić information content (AvgIpc) is 3.21. The van der Waals surface area contributed by atoms with Crippen molar-refractivity contribution in [1.82, 2.24) is 4.90 Å². The molecule has 0 spiro atoms. The second kappa shape index (κ2) is 7.87. The van der Waals surface area contributed by atoms with Gasteiger partial charge >= 0.3 is 5.63 Å². The Kier molecular flexibility index (Phi) is 5.28. The highest BCUT2D eigenvalue weighted by molar-refractivity contribution is 6.33. The van der Waals surface area contributed by atoms with Crippen molar-refractivity contribution < 1.29 is 18.3 Å². The molecule has 3 aromatic rings. The molecule has 0 bridgehead atoms. The van der Waals surface area contributed by atoms with Crippen LogP contribution in [-0.2, 0) is 4.79 Å². The molecule has 0 N–H and O–H groups in total. The lowest BCUT2D eigenvalue weighted by Gasteiger charge is -2.21. The number of carbonyl (C=O) groups is 1. The summed E-state index contributed by atoms with van der Waals surface area (Å²) in [5.74, 6) is -0.0997. The third-order valence-corrected chi connectivity index (χ3v) is 5.33. The molecule has 0 radical (unpaired) electrons. The molecule has 1 fully saturated rings. The molecule has 2 aromatic carbocycles. The molecule has 4 rings (SSSR count). The van der Waals surface area contributed by atoms with Crippen molar-refractivity contribution in [2.24, 2.45) is 0 Å². The summed E-state index contributed by atoms with van der Waals surface area (Å²) in [6, 6.07) is 10.3. The fraction of sp³-hybridized carbons (Fsp3) is 0.273. The molecule has 1 aromatic heterocycles. The van der Waals surface area contributed by atoms with Gasteiger partial charge in [0.05, 0.1) is 5.02 Å². The number of benzene rings is 2. The number of hydrogen-bond acceptors (Lipinski definition) is 4. The Bertz CT molecular complexity index is 1140. The van der Waals surface area contributed by atoms with Crippen LogP contribution in [0.5, 0.6) is 5.75 Å². The third-order valence-electron chi connectivity index (χ3n) is 5.02. The highest BCUT2D eigenvalue weighted by atomic mass is 35.5. The van der Waals surface area contributed by atoms with E-state index in [1.165, 1.54) is 24.3 Å². The third kappa shape index (κ3) is 3.98. The van der Waals surface area contributed by atoms with Crippen molar-refractivity contribution in [2.45, 2.75) is 25.9 Å². The summed E-state index contributed by atoms with van der Waals surface area (Å²) in [6.45, 7) is 3.21. The van der Waals surface area contributed by atoms with Gasteiger partial charge in [-0.15, -0.1) is 0 Å². The molecule has 0 aliphatic carbocycles. The van der Waals surface area contributed by atoms with E-state index in [1.807, 2.05) is 0 Å². The maximum atomic E-state index is 13.4. The Morgan fingerprint density at radius 2 is 1.90 bits per heavy atom. The van der Waals surface area contributed by atoms with E-state index in [1.54, 1.807) is 30.0 Å². The number of nitrogens with zero attached hydrogens (tertiary/aromatic N) is 1. The number of hydrogen-bond donors (Lipinski definition) is 0. The Morgan fingerprint density at radius 1 is 1.14 bits per heavy atom. The van der Waals surface area contributed by atoms with Gasteiger partial charge in [0.2, 0.25) is 0 Å². The molecule has 5 nitrogen and oxygen atoms in total. The Balaban J connectivity index is 1.68. The van der Waals surface area contributed by atoms with Crippen LogP contribution in [0.4, 0.5) is 4.39 Å². The van der Waals surface area contributed by atoms with Gasteiger partial charge in [0, 0.05) is 41.7 Å². The minimum absolute atomic E-state index is 0.0594. The summed E-state index contributed by atoms with van der Waals surface area (Å²) < 4.78 is 24.5. The van der Waals surface area contributed by atoms with Crippen molar-refractivity contribution in [3.63, 3.8) is 0 Å². The lowest BCUT2D eigenvalue weighted by Crippen LogP contribution is -2.38. The Morgan fingerprint density at radius 3 is 2.62 bits per heavy atom. The lowest BCUT2D eigenvalue weighted by molar-refractivity contribution is -0.136. The molecule has 2 heterocycles. The van der Waals surface area contributed by atoms with Crippen LogP contribution in [0.3, 0.4) is 0 Å². The summed E-state index contributed by atoms with van der Waals surface area (Å²) in [5, 5.41) is 0.825. The summed E-state index contributed by atoms with van der Waals surface area (Å²) in [4.78, 5) is 26.3. The van der Waals surface area contributed by atoms with Gasteiger partial charge < -0.3 is 14.1 Å². The SMILES string of the molecule is CC(Oc1ccc2c(-c3ccc(F)cc3Cl)cc(=O)oc2c1)C(=O)N1CCCC1. The van der Waals surface area contributed by atoms with Crippen molar-refractivity contribution in [3.8, 4) is 16.9 Å². The molecule has 1 aliphatic heterocycles. The molecule has 1 saturated heterocycles. The standard InChI is InChI=1S/C22H19ClFNO4/c1-13(22(27)25-8-2-3-9-25)28-15-5-7-17-18(12-21(26)29-20(17)11-15)16-6-4-14(24)10-19(16)23/h4-7,10-13H,2-3,8-9H2,1H3. The first kappa shape index (κ1) is 19.5. The summed E-state index contributed by atoms with van der Waals surface area (Å²) in [7, 11) is 0. The molecule has 1 amide bonds. The van der Waals surface area contributed by atoms with Gasteiger partial charge in [-0.1, -0.05) is 11.6 Å². The number of ether oxygens (including phenoxy) is 1. The second-order valence-electron chi connectivity index (χ2n) is 7.05. The molecular weight excluding hydrogens is 397 g/mol. The summed E-state index contributed by atoms with van der Waals surface area (Å²) in [5.41, 5.74) is 0.795. The van der Waals surface area contributed by atoms with Crippen LogP contribution in [0.25, 0.3) is 22.1 Å². The second-order valence-corrected chi connectivity index (χ2v) is 7.46. The predicted molar refractivity (Wildman–Crippen MR) is 109 cm³/mol. The van der Waals surface area contributed by atoms with Crippen LogP contribution in [-0.4, -0.2) is 30.0 Å². The van der Waals surface area contributed by atoms with Crippen molar-refractivity contribution >= 4 is 28.5 Å². The van der Waals surface area contributed by atoms with Crippen LogP contribution in [0.2, 0.25) is 5.02 Å². The van der Waals surface area contributed by atoms with E-state index in [0.29, 0.717) is 27.8 Å². The van der Waals surface area contributed by atoms with Crippen LogP contribution in [0.1, 0.15) is 19.8 Å². The fourth-order valence-corrected chi connectivity index (χ4v) is 3.87. The van der Waals surface area contributed by atoms with Gasteiger partial charge in [0.15, 0.2) is 6.10 Å². The average molecular weight is 416 g/mol. The fourth-order valence-electron chi connectivity index (χ4n) is 3.60. The molecule has 0 saturated carbocycles. The van der Waals surface area contributed by atoms with Crippen LogP contribution in [0, 0.1) is 5.82 Å². The smallest absolute Gasteiger partial charge is 0.336 e. The van der Waals surface area contributed by atoms with Gasteiger partial charge in [-0.25, -0.2) is 9.18 Å². The van der Waals surface area contributed by atoms with E-state index in [0.717, 1.165) is 25.9 Å². The Labute approximate surface area is 171 Å². The van der Waals surface area contributed by atoms with Crippen molar-refractivity contribution in [3.05, 3.63) is 63.7 Å². The molecule has 1 aliphatic rings. The number of rotatable bonds is 4. The van der Waals surface area contributed by atoms with Crippen LogP contribution >= 0.6 is 11.6 Å². The van der Waals surface area contributed by atoms with Crippen LogP contribution < -0.4 is 10.4 Å². The van der Waals surface area contributed by atoms with E-state index < -0.39 is 17.5 Å². The molecule has 1 atom stereocenters. The number of likely N-dealkylation sites (tertiary alicyclic amines) is 1. The molecule has 7 heteroatoms. The lowest BCUT2D eigenvalue weighted by atomic mass is 10.0. The normalized spacial score (nSPS) is 14.9. The van der Waals surface area contributed by atoms with E-state index in [-0.39, 0.29) is 10.9 Å². The zero-order valence-corrected chi connectivity index (χ0v) is 16.5. The predicted octanol–water partition coefficient (Wildman–Crippen LogP) is 4.64. The summed E-state index contributed by atoms with van der Waals surface area (Å²) >= 11 is 6.17. The monoisotopic (exact) mass is 415 g/mol. The number of halogens is 2. The molecule has 150 valence electrons. The minimum Gasteiger partial charge on any atom is -0.481 e. The topological polar surface area (TPSA) is 59.8 Å². The zero-order chi connectivity index (χ0) is 20.5. The first-order valence-electron chi connectivity index (χ1n) is 9.41. The van der Waals surface area contributed by atoms with E-state index in [2.05, 4.69) is 0 Å². The first-order chi connectivity index (χ1) is 13.9. The van der Waals surface area contributed by atoms with E-state index >= 15 is 0 Å². The largest absolute Gasteiger partial charge is 0.481 e. The quantitative estimate of drug-likeness (QED) is 0.582. The highest BCUT2D eigenvalue weighted by Crippen LogP contribution is 2.34. The van der Waals surface area contributed by atoms with Gasteiger partial charge in [0.1, 0.15) is 17.1 Å². The highest BCUT2D eigenvalue weighted by Gasteiger charge is 2.24. The summed E-state index contributed by atoms with van der Waals surface area (Å²) in [6.07, 6.45) is 1.37. The molecular formula is C22H19ClFNO4. The maximum Gasteiger partial charge on any atom is 0.336 e. The van der Waals surface area contributed by atoms with E-state index in [9.17, 15) is 14.0 Å². The van der Waals surface area contributed by atoms with Crippen molar-refractivity contribution in [2.75, 3.05) is 13.1 Å². The number of fused-ring (bicyclic) bond motifs is 1. The maximum absolute atomic E-state index is 13.4. The minimum atomic E-state index is -0.646. The van der Waals surface area contributed by atoms with E-state index in [4.69, 9.17) is 20.8 Å². The number of amides is 1. The Hall–Kier alpha value is -2.86. The van der Waals surface area contributed by atoms with Crippen molar-refractivity contribution in [1.29, 1.82) is 0 Å². The zero-order valence-electron chi connectivity index (χ0n) is 15.8. The van der Waals surface area contributed by atoms with Gasteiger partial charge in [-0.2, -0.15) is 0 Å². The van der Waals surface area contributed by atoms with Gasteiger partial charge in [-0.3, -0.25) is 4.79 Å². The van der Waals surface area contributed by atoms with Crippen LogP contribution in [0.15, 0.2) is 51.7 Å². The van der Waals surface area contributed by atoms with Gasteiger partial charge in [0.25, 0.3) is 5.91 Å². The first-order valence-corrected chi connectivity index (χ1v) is 9.79. The molecule has 29 heavy (non-hydrogen) atoms. The number of carbonyl (C=O) groups excluding carboxylic acids is 1.